The molecule has 0 radical (unpaired) electrons. The van der Waals surface area contributed by atoms with Gasteiger partial charge >= 0.3 is 5.97 Å². The molecule has 2 rings (SSSR count). The second-order valence-electron chi connectivity index (χ2n) is 3.13. The number of aromatic nitrogens is 1. The van der Waals surface area contributed by atoms with Crippen molar-refractivity contribution in [3.8, 4) is 5.75 Å². The largest absolute Gasteiger partial charge is 0.483 e. The van der Waals surface area contributed by atoms with Crippen LogP contribution in [-0.2, 0) is 4.79 Å². The molecule has 0 aliphatic carbocycles. The first-order chi connectivity index (χ1) is 8.65. The fraction of sp³-hybridized carbons (Fsp3) is 0.100. The lowest BCUT2D eigenvalue weighted by Gasteiger charge is -2.02. The van der Waals surface area contributed by atoms with Gasteiger partial charge in [0.15, 0.2) is 11.7 Å². The molecule has 2 aromatic rings. The van der Waals surface area contributed by atoms with Crippen molar-refractivity contribution in [1.82, 2.24) is 4.98 Å². The molecule has 2 heterocycles. The van der Waals surface area contributed by atoms with E-state index in [1.807, 2.05) is 0 Å². The van der Waals surface area contributed by atoms with Crippen molar-refractivity contribution in [1.29, 1.82) is 0 Å². The summed E-state index contributed by atoms with van der Waals surface area (Å²) in [5.41, 5.74) is 0. The van der Waals surface area contributed by atoms with Gasteiger partial charge in [-0.1, -0.05) is 0 Å². The van der Waals surface area contributed by atoms with Gasteiger partial charge in [0.1, 0.15) is 10.6 Å². The number of nitrogens with zero attached hydrogens (tertiary/aromatic N) is 1. The van der Waals surface area contributed by atoms with Crippen molar-refractivity contribution in [3.63, 3.8) is 0 Å². The number of rotatable bonds is 5. The molecule has 0 aliphatic rings. The Morgan fingerprint density at radius 1 is 1.44 bits per heavy atom. The van der Waals surface area contributed by atoms with Crippen LogP contribution in [0.1, 0.15) is 9.67 Å². The summed E-state index contributed by atoms with van der Waals surface area (Å²) in [7, 11) is 0. The van der Waals surface area contributed by atoms with Crippen LogP contribution in [0.5, 0.6) is 5.75 Å². The minimum atomic E-state index is -1.01. The molecule has 2 N–H and O–H groups in total. The first-order valence-electron chi connectivity index (χ1n) is 4.79. The number of amides is 1. The monoisotopic (exact) mass is 284 g/mol. The molecule has 0 fully saturated rings. The summed E-state index contributed by atoms with van der Waals surface area (Å²) in [5.74, 6) is -0.984. The van der Waals surface area contributed by atoms with E-state index in [-0.39, 0.29) is 17.4 Å². The molecular weight excluding hydrogens is 276 g/mol. The average molecular weight is 284 g/mol. The van der Waals surface area contributed by atoms with E-state index in [1.54, 1.807) is 17.0 Å². The van der Waals surface area contributed by atoms with Crippen molar-refractivity contribution in [3.05, 3.63) is 27.9 Å². The van der Waals surface area contributed by atoms with Crippen molar-refractivity contribution >= 4 is 39.7 Å². The lowest BCUT2D eigenvalue weighted by Crippen LogP contribution is -2.19. The normalized spacial score (nSPS) is 10.0. The predicted molar refractivity (Wildman–Crippen MR) is 67.5 cm³/mol. The number of anilines is 1. The van der Waals surface area contributed by atoms with E-state index in [9.17, 15) is 9.59 Å². The zero-order valence-corrected chi connectivity index (χ0v) is 10.6. The molecule has 0 spiro atoms. The molecule has 0 unspecified atom stereocenters. The minimum absolute atomic E-state index is 0.172. The van der Waals surface area contributed by atoms with Crippen LogP contribution in [0.4, 0.5) is 5.13 Å². The average Bonchev–Trinajstić information content (AvgIpc) is 2.96. The molecule has 0 aliphatic heterocycles. The molecule has 0 aromatic carbocycles. The maximum absolute atomic E-state index is 11.4. The Labute approximate surface area is 110 Å². The van der Waals surface area contributed by atoms with Gasteiger partial charge in [-0.05, 0) is 0 Å². The van der Waals surface area contributed by atoms with Gasteiger partial charge < -0.3 is 9.84 Å². The Hall–Kier alpha value is -1.93. The van der Waals surface area contributed by atoms with Gasteiger partial charge in [0.25, 0.3) is 5.91 Å². The zero-order chi connectivity index (χ0) is 13.0. The Kier molecular flexibility index (Phi) is 3.90. The summed E-state index contributed by atoms with van der Waals surface area (Å²) in [4.78, 5) is 26.1. The Morgan fingerprint density at radius 2 is 2.28 bits per heavy atom. The van der Waals surface area contributed by atoms with Gasteiger partial charge in [0, 0.05) is 23.0 Å². The van der Waals surface area contributed by atoms with E-state index in [4.69, 9.17) is 9.84 Å². The molecule has 8 heteroatoms. The first kappa shape index (κ1) is 12.5. The standard InChI is InChI=1S/C10H8N2O4S2/c13-8(12-10-11-1-2-17-10)4-16-6-3-7(9(14)15)18-5-6/h1-3,5H,4H2,(H,14,15)(H,11,12,13). The quantitative estimate of drug-likeness (QED) is 0.875. The summed E-state index contributed by atoms with van der Waals surface area (Å²) in [6.45, 7) is -0.185. The maximum Gasteiger partial charge on any atom is 0.346 e. The van der Waals surface area contributed by atoms with Gasteiger partial charge in [0.05, 0.1) is 0 Å². The van der Waals surface area contributed by atoms with Gasteiger partial charge in [-0.2, -0.15) is 0 Å². The van der Waals surface area contributed by atoms with Gasteiger partial charge in [-0.25, -0.2) is 9.78 Å². The van der Waals surface area contributed by atoms with Crippen molar-refractivity contribution in [2.75, 3.05) is 11.9 Å². The van der Waals surface area contributed by atoms with Crippen LogP contribution in [0, 0.1) is 0 Å². The number of thiophene rings is 1. The molecule has 94 valence electrons. The molecule has 18 heavy (non-hydrogen) atoms. The minimum Gasteiger partial charge on any atom is -0.483 e. The molecule has 0 atom stereocenters. The summed E-state index contributed by atoms with van der Waals surface area (Å²) in [6, 6.07) is 1.38. The fourth-order valence-corrected chi connectivity index (χ4v) is 2.31. The smallest absolute Gasteiger partial charge is 0.346 e. The van der Waals surface area contributed by atoms with Crippen LogP contribution in [0.15, 0.2) is 23.0 Å². The van der Waals surface area contributed by atoms with Crippen LogP contribution < -0.4 is 10.1 Å². The van der Waals surface area contributed by atoms with E-state index in [0.717, 1.165) is 11.3 Å². The highest BCUT2D eigenvalue weighted by Crippen LogP contribution is 2.21. The van der Waals surface area contributed by atoms with E-state index in [1.165, 1.54) is 17.4 Å². The molecule has 1 amide bonds. The highest BCUT2D eigenvalue weighted by Gasteiger charge is 2.09. The SMILES string of the molecule is O=C(COc1csc(C(=O)O)c1)Nc1nccs1. The van der Waals surface area contributed by atoms with Crippen molar-refractivity contribution in [2.45, 2.75) is 0 Å². The molecule has 0 saturated carbocycles. The highest BCUT2D eigenvalue weighted by atomic mass is 32.1. The predicted octanol–water partition coefficient (Wildman–Crippen LogP) is 1.92. The van der Waals surface area contributed by atoms with Crippen LogP contribution in [0.2, 0.25) is 0 Å². The Morgan fingerprint density at radius 3 is 2.89 bits per heavy atom. The number of nitrogens with one attached hydrogen (secondary N) is 1. The lowest BCUT2D eigenvalue weighted by atomic mass is 10.4. The number of hydrogen-bond donors (Lipinski definition) is 2. The molecule has 6 nitrogen and oxygen atoms in total. The molecular formula is C10H8N2O4S2. The summed E-state index contributed by atoms with van der Waals surface area (Å²) in [6.07, 6.45) is 1.58. The Bertz CT molecular complexity index is 550. The van der Waals surface area contributed by atoms with E-state index < -0.39 is 5.97 Å². The third-order valence-electron chi connectivity index (χ3n) is 1.83. The molecule has 0 saturated heterocycles. The van der Waals surface area contributed by atoms with E-state index in [0.29, 0.717) is 10.9 Å². The second kappa shape index (κ2) is 5.61. The van der Waals surface area contributed by atoms with E-state index >= 15 is 0 Å². The van der Waals surface area contributed by atoms with Gasteiger partial charge in [-0.3, -0.25) is 10.1 Å². The zero-order valence-electron chi connectivity index (χ0n) is 8.95. The number of carboxylic acids is 1. The van der Waals surface area contributed by atoms with Crippen LogP contribution >= 0.6 is 22.7 Å². The summed E-state index contributed by atoms with van der Waals surface area (Å²) < 4.78 is 5.16. The first-order valence-corrected chi connectivity index (χ1v) is 6.55. The summed E-state index contributed by atoms with van der Waals surface area (Å²) in [5, 5.41) is 15.1. The van der Waals surface area contributed by atoms with Crippen LogP contribution in [-0.4, -0.2) is 28.6 Å². The Balaban J connectivity index is 1.83. The number of aromatic carboxylic acids is 1. The second-order valence-corrected chi connectivity index (χ2v) is 4.93. The fourth-order valence-electron chi connectivity index (χ4n) is 1.10. The third kappa shape index (κ3) is 3.28. The molecule has 0 bridgehead atoms. The molecule has 2 aromatic heterocycles. The highest BCUT2D eigenvalue weighted by molar-refractivity contribution is 7.13. The third-order valence-corrected chi connectivity index (χ3v) is 3.42. The summed E-state index contributed by atoms with van der Waals surface area (Å²) >= 11 is 2.35. The van der Waals surface area contributed by atoms with Crippen LogP contribution in [0.25, 0.3) is 0 Å². The van der Waals surface area contributed by atoms with Crippen LogP contribution in [0.3, 0.4) is 0 Å². The number of carboxylic acid groups (broad SMARTS) is 1. The number of thiazole rings is 1. The van der Waals surface area contributed by atoms with Crippen molar-refractivity contribution < 1.29 is 19.4 Å². The van der Waals surface area contributed by atoms with Gasteiger partial charge in [-0.15, -0.1) is 22.7 Å². The van der Waals surface area contributed by atoms with Crippen molar-refractivity contribution in [2.24, 2.45) is 0 Å². The maximum atomic E-state index is 11.4. The number of hydrogen-bond acceptors (Lipinski definition) is 6. The van der Waals surface area contributed by atoms with Gasteiger partial charge in [0.2, 0.25) is 0 Å². The topological polar surface area (TPSA) is 88.5 Å². The number of ether oxygens (including phenoxy) is 1. The number of carbonyl (C=O) groups excluding carboxylic acids is 1. The van der Waals surface area contributed by atoms with E-state index in [2.05, 4.69) is 10.3 Å². The number of carbonyl (C=O) groups is 2. The lowest BCUT2D eigenvalue weighted by molar-refractivity contribution is -0.118.